The Morgan fingerprint density at radius 2 is 1.79 bits per heavy atom. The van der Waals surface area contributed by atoms with E-state index in [9.17, 15) is 9.59 Å². The van der Waals surface area contributed by atoms with Gasteiger partial charge in [0.05, 0.1) is 43.2 Å². The summed E-state index contributed by atoms with van der Waals surface area (Å²) in [7, 11) is 1.65. The summed E-state index contributed by atoms with van der Waals surface area (Å²) in [5, 5.41) is 4.25. The number of anilines is 1. The zero-order valence-corrected chi connectivity index (χ0v) is 22.9. The van der Waals surface area contributed by atoms with Crippen LogP contribution in [0.25, 0.3) is 5.00 Å². The first-order valence-corrected chi connectivity index (χ1v) is 14.2. The van der Waals surface area contributed by atoms with Gasteiger partial charge in [0.2, 0.25) is 0 Å². The van der Waals surface area contributed by atoms with Crippen molar-refractivity contribution >= 4 is 29.0 Å². The van der Waals surface area contributed by atoms with Gasteiger partial charge in [-0.1, -0.05) is 24.3 Å². The molecule has 0 unspecified atom stereocenters. The molecule has 0 radical (unpaired) electrons. The average molecular weight is 542 g/mol. The highest BCUT2D eigenvalue weighted by Crippen LogP contribution is 2.44. The summed E-state index contributed by atoms with van der Waals surface area (Å²) in [4.78, 5) is 30.2. The molecule has 200 valence electrons. The molecule has 7 nitrogen and oxygen atoms in total. The number of urea groups is 1. The van der Waals surface area contributed by atoms with Gasteiger partial charge in [-0.25, -0.2) is 9.59 Å². The number of aryl methyl sites for hydroxylation is 1. The third-order valence-electron chi connectivity index (χ3n) is 7.54. The van der Waals surface area contributed by atoms with E-state index in [-0.39, 0.29) is 18.7 Å². The Morgan fingerprint density at radius 3 is 2.59 bits per heavy atom. The normalized spacial score (nSPS) is 15.9. The van der Waals surface area contributed by atoms with Gasteiger partial charge >= 0.3 is 12.0 Å². The van der Waals surface area contributed by atoms with Crippen LogP contribution in [-0.4, -0.2) is 35.2 Å². The Morgan fingerprint density at radius 1 is 1.00 bits per heavy atom. The van der Waals surface area contributed by atoms with Gasteiger partial charge in [0.25, 0.3) is 0 Å². The quantitative estimate of drug-likeness (QED) is 0.284. The average Bonchev–Trinajstić information content (AvgIpc) is 3.55. The highest BCUT2D eigenvalue weighted by molar-refractivity contribution is 7.15. The van der Waals surface area contributed by atoms with Crippen molar-refractivity contribution in [3.8, 4) is 10.8 Å². The van der Waals surface area contributed by atoms with E-state index < -0.39 is 5.97 Å². The van der Waals surface area contributed by atoms with Crippen molar-refractivity contribution in [3.05, 3.63) is 99.7 Å². The molecule has 6 rings (SSSR count). The standard InChI is InChI=1S/C31H31N3O4S/c1-3-38-30(35)23-10-4-6-11-25(23)32-31(36)34-19-24-22-9-5-7-13-27(22)39-29(24)33-18-8-12-26(33)28(34)20-14-16-21(37-2)17-15-20/h4,6,8,10-12,14-18,28H,3,5,7,9,13,19H2,1-2H3,(H,32,36)/t28-/m0/s1. The van der Waals surface area contributed by atoms with Gasteiger partial charge in [-0.05, 0) is 80.1 Å². The SMILES string of the molecule is CCOC(=O)c1ccccc1NC(=O)N1Cc2c(sc3c2CCCC3)-n2cccc2[C@@H]1c1ccc(OC)cc1. The minimum Gasteiger partial charge on any atom is -0.497 e. The Kier molecular flexibility index (Phi) is 6.87. The molecule has 3 heterocycles. The van der Waals surface area contributed by atoms with E-state index in [0.717, 1.165) is 36.3 Å². The fourth-order valence-electron chi connectivity index (χ4n) is 5.69. The van der Waals surface area contributed by atoms with Crippen LogP contribution in [0.4, 0.5) is 10.5 Å². The Bertz CT molecular complexity index is 1520. The van der Waals surface area contributed by atoms with Crippen molar-refractivity contribution in [1.82, 2.24) is 9.47 Å². The number of hydrogen-bond donors (Lipinski definition) is 1. The van der Waals surface area contributed by atoms with E-state index >= 15 is 0 Å². The summed E-state index contributed by atoms with van der Waals surface area (Å²) in [5.41, 5.74) is 5.38. The van der Waals surface area contributed by atoms with Crippen molar-refractivity contribution in [2.45, 2.75) is 45.2 Å². The Hall–Kier alpha value is -4.04. The lowest BCUT2D eigenvalue weighted by molar-refractivity contribution is 0.0527. The van der Waals surface area contributed by atoms with Gasteiger partial charge < -0.3 is 24.3 Å². The first kappa shape index (κ1) is 25.2. The van der Waals surface area contributed by atoms with E-state index in [1.165, 1.54) is 27.4 Å². The summed E-state index contributed by atoms with van der Waals surface area (Å²) in [5.74, 6) is 0.300. The molecule has 0 saturated heterocycles. The number of benzene rings is 2. The number of nitrogens with one attached hydrogen (secondary N) is 1. The van der Waals surface area contributed by atoms with Gasteiger partial charge in [-0.15, -0.1) is 11.3 Å². The molecule has 1 aliphatic carbocycles. The maximum atomic E-state index is 14.2. The maximum Gasteiger partial charge on any atom is 0.340 e. The number of nitrogens with zero attached hydrogens (tertiary/aromatic N) is 2. The highest BCUT2D eigenvalue weighted by atomic mass is 32.1. The van der Waals surface area contributed by atoms with Crippen LogP contribution in [0.15, 0.2) is 66.9 Å². The molecule has 2 aromatic carbocycles. The molecule has 39 heavy (non-hydrogen) atoms. The summed E-state index contributed by atoms with van der Waals surface area (Å²) >= 11 is 1.85. The van der Waals surface area contributed by atoms with Gasteiger partial charge in [0.15, 0.2) is 0 Å². The zero-order valence-electron chi connectivity index (χ0n) is 22.1. The number of rotatable bonds is 5. The van der Waals surface area contributed by atoms with Crippen LogP contribution in [0.1, 0.15) is 63.4 Å². The lowest BCUT2D eigenvalue weighted by Crippen LogP contribution is -2.38. The van der Waals surface area contributed by atoms with E-state index in [4.69, 9.17) is 9.47 Å². The number of fused-ring (bicyclic) bond motifs is 5. The second-order valence-corrected chi connectivity index (χ2v) is 10.9. The molecule has 8 heteroatoms. The minimum atomic E-state index is -0.459. The number of carbonyl (C=O) groups excluding carboxylic acids is 2. The maximum absolute atomic E-state index is 14.2. The predicted octanol–water partition coefficient (Wildman–Crippen LogP) is 6.74. The second-order valence-electron chi connectivity index (χ2n) is 9.80. The molecule has 0 saturated carbocycles. The number of ether oxygens (including phenoxy) is 2. The van der Waals surface area contributed by atoms with Gasteiger partial charge in [-0.3, -0.25) is 0 Å². The molecule has 1 N–H and O–H groups in total. The smallest absolute Gasteiger partial charge is 0.340 e. The molecule has 2 aliphatic rings. The van der Waals surface area contributed by atoms with Crippen LogP contribution >= 0.6 is 11.3 Å². The van der Waals surface area contributed by atoms with E-state index in [0.29, 0.717) is 17.8 Å². The van der Waals surface area contributed by atoms with Gasteiger partial charge in [0.1, 0.15) is 10.8 Å². The van der Waals surface area contributed by atoms with Crippen molar-refractivity contribution in [2.75, 3.05) is 19.0 Å². The summed E-state index contributed by atoms with van der Waals surface area (Å²) in [6.07, 6.45) is 6.59. The van der Waals surface area contributed by atoms with Crippen LogP contribution < -0.4 is 10.1 Å². The van der Waals surface area contributed by atoms with Crippen molar-refractivity contribution < 1.29 is 19.1 Å². The van der Waals surface area contributed by atoms with Crippen LogP contribution in [0.2, 0.25) is 0 Å². The third kappa shape index (κ3) is 4.59. The number of hydrogen-bond acceptors (Lipinski definition) is 5. The van der Waals surface area contributed by atoms with E-state index in [1.54, 1.807) is 38.3 Å². The number of amides is 2. The van der Waals surface area contributed by atoms with Crippen LogP contribution in [0.3, 0.4) is 0 Å². The number of esters is 1. The largest absolute Gasteiger partial charge is 0.497 e. The van der Waals surface area contributed by atoms with E-state index in [1.807, 2.05) is 46.6 Å². The van der Waals surface area contributed by atoms with Crippen LogP contribution in [0, 0.1) is 0 Å². The molecule has 4 aromatic rings. The predicted molar refractivity (Wildman–Crippen MR) is 152 cm³/mol. The van der Waals surface area contributed by atoms with Crippen molar-refractivity contribution in [2.24, 2.45) is 0 Å². The number of carbonyl (C=O) groups is 2. The number of aromatic nitrogens is 1. The molecule has 0 spiro atoms. The third-order valence-corrected chi connectivity index (χ3v) is 8.87. The topological polar surface area (TPSA) is 72.8 Å². The monoisotopic (exact) mass is 541 g/mol. The Balaban J connectivity index is 1.46. The van der Waals surface area contributed by atoms with Gasteiger partial charge in [0, 0.05) is 16.6 Å². The molecule has 2 amide bonds. The first-order chi connectivity index (χ1) is 19.1. The molecular formula is C31H31N3O4S. The number of thiophene rings is 1. The first-order valence-electron chi connectivity index (χ1n) is 13.4. The summed E-state index contributed by atoms with van der Waals surface area (Å²) in [6, 6.07) is 18.4. The molecule has 0 fully saturated rings. The second kappa shape index (κ2) is 10.6. The minimum absolute atomic E-state index is 0.260. The molecule has 2 aromatic heterocycles. The summed E-state index contributed by atoms with van der Waals surface area (Å²) in [6.45, 7) is 2.49. The van der Waals surface area contributed by atoms with Crippen LogP contribution in [0.5, 0.6) is 5.75 Å². The molecule has 1 atom stereocenters. The fraction of sp³-hybridized carbons (Fsp3) is 0.290. The lowest BCUT2D eigenvalue weighted by Gasteiger charge is -2.31. The summed E-state index contributed by atoms with van der Waals surface area (Å²) < 4.78 is 12.9. The van der Waals surface area contributed by atoms with Crippen molar-refractivity contribution in [1.29, 1.82) is 0 Å². The van der Waals surface area contributed by atoms with Crippen LogP contribution in [-0.2, 0) is 24.1 Å². The number of methoxy groups -OCH3 is 1. The Labute approximate surface area is 232 Å². The molecular weight excluding hydrogens is 510 g/mol. The zero-order chi connectivity index (χ0) is 26.9. The van der Waals surface area contributed by atoms with Crippen molar-refractivity contribution in [3.63, 3.8) is 0 Å². The fourth-order valence-corrected chi connectivity index (χ4v) is 7.09. The van der Waals surface area contributed by atoms with E-state index in [2.05, 4.69) is 22.1 Å². The molecule has 1 aliphatic heterocycles. The highest BCUT2D eigenvalue weighted by Gasteiger charge is 2.36. The van der Waals surface area contributed by atoms with Gasteiger partial charge in [-0.2, -0.15) is 0 Å². The lowest BCUT2D eigenvalue weighted by atomic mass is 9.95. The molecule has 0 bridgehead atoms. The number of para-hydroxylation sites is 1.